The van der Waals surface area contributed by atoms with E-state index in [-0.39, 0.29) is 24.8 Å². The predicted molar refractivity (Wildman–Crippen MR) is 75.0 cm³/mol. The maximum atomic E-state index is 11.8. The molecular formula is C12H22Cl2N2O. The molecule has 2 saturated heterocycles. The van der Waals surface area contributed by atoms with E-state index in [0.29, 0.717) is 24.2 Å². The largest absolute Gasteiger partial charge is 0.342 e. The number of allylic oxidation sites excluding steroid dienone is 1. The van der Waals surface area contributed by atoms with Crippen molar-refractivity contribution in [3.05, 3.63) is 12.7 Å². The molecule has 0 aromatic carbocycles. The maximum absolute atomic E-state index is 11.8. The molecule has 1 N–H and O–H groups in total. The third-order valence-electron chi connectivity index (χ3n) is 3.54. The highest BCUT2D eigenvalue weighted by molar-refractivity contribution is 5.85. The number of unbranched alkanes of at least 4 members (excludes halogenated alkanes) is 1. The number of likely N-dealkylation sites (tertiary alicyclic amines) is 1. The van der Waals surface area contributed by atoms with Gasteiger partial charge in [-0.05, 0) is 24.7 Å². The molecule has 1 amide bonds. The zero-order chi connectivity index (χ0) is 10.7. The number of carbonyl (C=O) groups is 1. The van der Waals surface area contributed by atoms with Crippen LogP contribution < -0.4 is 5.32 Å². The lowest BCUT2D eigenvalue weighted by Crippen LogP contribution is -2.31. The topological polar surface area (TPSA) is 32.3 Å². The number of nitrogens with zero attached hydrogens (tertiary/aromatic N) is 1. The van der Waals surface area contributed by atoms with Gasteiger partial charge >= 0.3 is 0 Å². The van der Waals surface area contributed by atoms with Crippen LogP contribution in [0.15, 0.2) is 12.7 Å². The summed E-state index contributed by atoms with van der Waals surface area (Å²) in [5.74, 6) is 1.77. The minimum absolute atomic E-state index is 0. The molecule has 2 heterocycles. The highest BCUT2D eigenvalue weighted by Crippen LogP contribution is 2.26. The third kappa shape index (κ3) is 4.16. The van der Waals surface area contributed by atoms with Crippen molar-refractivity contribution in [1.82, 2.24) is 10.2 Å². The van der Waals surface area contributed by atoms with Gasteiger partial charge in [0.15, 0.2) is 0 Å². The summed E-state index contributed by atoms with van der Waals surface area (Å²) in [5, 5.41) is 3.38. The van der Waals surface area contributed by atoms with Crippen molar-refractivity contribution in [3.63, 3.8) is 0 Å². The van der Waals surface area contributed by atoms with Crippen LogP contribution in [0.5, 0.6) is 0 Å². The monoisotopic (exact) mass is 280 g/mol. The van der Waals surface area contributed by atoms with E-state index in [1.165, 1.54) is 0 Å². The van der Waals surface area contributed by atoms with E-state index < -0.39 is 0 Å². The van der Waals surface area contributed by atoms with Crippen LogP contribution in [-0.4, -0.2) is 37.0 Å². The quantitative estimate of drug-likeness (QED) is 0.630. The fourth-order valence-corrected chi connectivity index (χ4v) is 2.61. The highest BCUT2D eigenvalue weighted by Gasteiger charge is 2.37. The second kappa shape index (κ2) is 7.96. The number of hydrogen-bond donors (Lipinski definition) is 1. The summed E-state index contributed by atoms with van der Waals surface area (Å²) in [6.07, 6.45) is 4.48. The summed E-state index contributed by atoms with van der Waals surface area (Å²) in [6.45, 7) is 7.82. The van der Waals surface area contributed by atoms with Gasteiger partial charge in [0.1, 0.15) is 0 Å². The van der Waals surface area contributed by atoms with Crippen molar-refractivity contribution >= 4 is 30.7 Å². The molecule has 2 aliphatic rings. The third-order valence-corrected chi connectivity index (χ3v) is 3.54. The fraction of sp³-hybridized carbons (Fsp3) is 0.750. The lowest BCUT2D eigenvalue weighted by molar-refractivity contribution is -0.130. The summed E-state index contributed by atoms with van der Waals surface area (Å²) in [4.78, 5) is 13.9. The van der Waals surface area contributed by atoms with E-state index in [4.69, 9.17) is 0 Å². The van der Waals surface area contributed by atoms with Crippen LogP contribution in [0.1, 0.15) is 19.3 Å². The molecule has 0 saturated carbocycles. The number of amides is 1. The van der Waals surface area contributed by atoms with Gasteiger partial charge in [-0.1, -0.05) is 6.08 Å². The molecule has 2 aliphatic heterocycles. The predicted octanol–water partition coefficient (Wildman–Crippen LogP) is 1.86. The number of carbonyl (C=O) groups excluding carboxylic acids is 1. The van der Waals surface area contributed by atoms with Gasteiger partial charge in [0.05, 0.1) is 0 Å². The first kappa shape index (κ1) is 16.8. The van der Waals surface area contributed by atoms with Crippen LogP contribution in [0.2, 0.25) is 0 Å². The first-order valence-corrected chi connectivity index (χ1v) is 5.90. The number of hydrogen-bond acceptors (Lipinski definition) is 2. The van der Waals surface area contributed by atoms with E-state index in [9.17, 15) is 4.79 Å². The van der Waals surface area contributed by atoms with Crippen LogP contribution in [-0.2, 0) is 4.79 Å². The van der Waals surface area contributed by atoms with Gasteiger partial charge in [-0.2, -0.15) is 0 Å². The molecule has 0 unspecified atom stereocenters. The molecule has 3 nitrogen and oxygen atoms in total. The molecule has 5 heteroatoms. The standard InChI is InChI=1S/C12H20N2O.2ClH/c1-2-3-4-5-12(15)14-8-10-6-13-7-11(10)9-14;;/h2,10-11,13H,1,3-9H2;2*1H/t10-,11+;;. The van der Waals surface area contributed by atoms with E-state index in [2.05, 4.69) is 16.8 Å². The van der Waals surface area contributed by atoms with E-state index in [0.717, 1.165) is 39.0 Å². The van der Waals surface area contributed by atoms with Gasteiger partial charge in [-0.25, -0.2) is 0 Å². The Hall–Kier alpha value is -0.250. The van der Waals surface area contributed by atoms with Gasteiger partial charge in [0.25, 0.3) is 0 Å². The molecule has 2 atom stereocenters. The van der Waals surface area contributed by atoms with Gasteiger partial charge in [0.2, 0.25) is 5.91 Å². The Morgan fingerprint density at radius 3 is 2.41 bits per heavy atom. The van der Waals surface area contributed by atoms with Crippen LogP contribution in [0.25, 0.3) is 0 Å². The molecule has 0 spiro atoms. The van der Waals surface area contributed by atoms with Crippen molar-refractivity contribution < 1.29 is 4.79 Å². The fourth-order valence-electron chi connectivity index (χ4n) is 2.61. The van der Waals surface area contributed by atoms with Crippen molar-refractivity contribution in [2.24, 2.45) is 11.8 Å². The summed E-state index contributed by atoms with van der Waals surface area (Å²) in [5.41, 5.74) is 0. The second-order valence-electron chi connectivity index (χ2n) is 4.66. The second-order valence-corrected chi connectivity index (χ2v) is 4.66. The van der Waals surface area contributed by atoms with Gasteiger partial charge < -0.3 is 10.2 Å². The van der Waals surface area contributed by atoms with Crippen LogP contribution in [0.4, 0.5) is 0 Å². The van der Waals surface area contributed by atoms with E-state index in [1.807, 2.05) is 6.08 Å². The zero-order valence-corrected chi connectivity index (χ0v) is 11.7. The normalized spacial score (nSPS) is 25.8. The van der Waals surface area contributed by atoms with E-state index in [1.54, 1.807) is 0 Å². The summed E-state index contributed by atoms with van der Waals surface area (Å²) in [7, 11) is 0. The number of nitrogens with one attached hydrogen (secondary N) is 1. The maximum Gasteiger partial charge on any atom is 0.222 e. The Kier molecular flexibility index (Phi) is 7.84. The minimum atomic E-state index is 0. The SMILES string of the molecule is C=CCCCC(=O)N1C[C@H]2CNC[C@H]2C1.Cl.Cl. The van der Waals surface area contributed by atoms with Crippen molar-refractivity contribution in [3.8, 4) is 0 Å². The lowest BCUT2D eigenvalue weighted by Gasteiger charge is -2.17. The van der Waals surface area contributed by atoms with Crippen molar-refractivity contribution in [2.75, 3.05) is 26.2 Å². The molecule has 0 radical (unpaired) electrons. The highest BCUT2D eigenvalue weighted by atomic mass is 35.5. The number of rotatable bonds is 4. The van der Waals surface area contributed by atoms with Crippen LogP contribution in [0, 0.1) is 11.8 Å². The molecule has 0 aromatic heterocycles. The number of fused-ring (bicyclic) bond motifs is 1. The van der Waals surface area contributed by atoms with Crippen molar-refractivity contribution in [1.29, 1.82) is 0 Å². The molecule has 0 bridgehead atoms. The van der Waals surface area contributed by atoms with Crippen LogP contribution in [0.3, 0.4) is 0 Å². The molecule has 17 heavy (non-hydrogen) atoms. The lowest BCUT2D eigenvalue weighted by atomic mass is 10.0. The molecule has 0 aliphatic carbocycles. The Labute approximate surface area is 116 Å². The molecule has 2 rings (SSSR count). The van der Waals surface area contributed by atoms with Gasteiger partial charge in [0, 0.05) is 32.6 Å². The summed E-state index contributed by atoms with van der Waals surface area (Å²) < 4.78 is 0. The summed E-state index contributed by atoms with van der Waals surface area (Å²) in [6, 6.07) is 0. The van der Waals surface area contributed by atoms with Crippen molar-refractivity contribution in [2.45, 2.75) is 19.3 Å². The minimum Gasteiger partial charge on any atom is -0.342 e. The average molecular weight is 281 g/mol. The smallest absolute Gasteiger partial charge is 0.222 e. The first-order valence-electron chi connectivity index (χ1n) is 5.90. The average Bonchev–Trinajstić information content (AvgIpc) is 2.76. The Balaban J connectivity index is 0.00000128. The van der Waals surface area contributed by atoms with Gasteiger partial charge in [-0.3, -0.25) is 4.79 Å². The Morgan fingerprint density at radius 1 is 1.29 bits per heavy atom. The molecule has 2 fully saturated rings. The molecule has 0 aromatic rings. The zero-order valence-electron chi connectivity index (χ0n) is 10.1. The van der Waals surface area contributed by atoms with Gasteiger partial charge in [-0.15, -0.1) is 31.4 Å². The molecule has 100 valence electrons. The molecular weight excluding hydrogens is 259 g/mol. The first-order chi connectivity index (χ1) is 7.31. The Morgan fingerprint density at radius 2 is 1.88 bits per heavy atom. The van der Waals surface area contributed by atoms with E-state index >= 15 is 0 Å². The number of halogens is 2. The Bertz CT molecular complexity index is 249. The van der Waals surface area contributed by atoms with Crippen LogP contribution >= 0.6 is 24.8 Å². The summed E-state index contributed by atoms with van der Waals surface area (Å²) >= 11 is 0.